The number of rotatable bonds is 13. The van der Waals surface area contributed by atoms with Crippen LogP contribution in [0.25, 0.3) is 10.4 Å². The number of nitrogens with zero attached hydrogens (tertiary/aromatic N) is 3. The fourth-order valence-electron chi connectivity index (χ4n) is 6.66. The molecule has 5 amide bonds. The predicted octanol–water partition coefficient (Wildman–Crippen LogP) is 4.72. The van der Waals surface area contributed by atoms with Gasteiger partial charge in [-0.3, -0.25) is 19.2 Å². The summed E-state index contributed by atoms with van der Waals surface area (Å²) < 4.78 is 5.41. The van der Waals surface area contributed by atoms with Crippen LogP contribution in [0.5, 0.6) is 0 Å². The second kappa shape index (κ2) is 17.9. The summed E-state index contributed by atoms with van der Waals surface area (Å²) in [6, 6.07) is 5.82. The van der Waals surface area contributed by atoms with Gasteiger partial charge in [-0.05, 0) is 70.4 Å². The van der Waals surface area contributed by atoms with E-state index in [1.807, 2.05) is 85.2 Å². The van der Waals surface area contributed by atoms with Crippen LogP contribution < -0.4 is 16.0 Å². The van der Waals surface area contributed by atoms with Crippen molar-refractivity contribution in [3.8, 4) is 10.4 Å². The van der Waals surface area contributed by atoms with Gasteiger partial charge in [-0.15, -0.1) is 11.3 Å². The summed E-state index contributed by atoms with van der Waals surface area (Å²) in [6.07, 6.45) is 1.58. The summed E-state index contributed by atoms with van der Waals surface area (Å²) in [4.78, 5) is 74.0. The van der Waals surface area contributed by atoms with Crippen LogP contribution in [0.2, 0.25) is 0 Å². The second-order valence-electron chi connectivity index (χ2n) is 16.4. The molecule has 0 spiro atoms. The molecule has 4 N–H and O–H groups in total. The fraction of sp³-hybridized carbons (Fsp3) is 0.641. The highest BCUT2D eigenvalue weighted by atomic mass is 32.1. The average molecular weight is 755 g/mol. The Labute approximate surface area is 317 Å². The maximum atomic E-state index is 14.0. The van der Waals surface area contributed by atoms with Gasteiger partial charge < -0.3 is 35.6 Å². The Hall–Kier alpha value is -4.04. The molecule has 14 heteroatoms. The van der Waals surface area contributed by atoms with E-state index < -0.39 is 41.2 Å². The molecule has 1 aromatic heterocycles. The number of carbonyl (C=O) groups excluding carboxylic acids is 5. The lowest BCUT2D eigenvalue weighted by atomic mass is 9.85. The van der Waals surface area contributed by atoms with Gasteiger partial charge in [-0.25, -0.2) is 9.78 Å². The van der Waals surface area contributed by atoms with Crippen LogP contribution >= 0.6 is 11.3 Å². The average Bonchev–Trinajstić information content (AvgIpc) is 3.84. The molecule has 0 saturated carbocycles. The van der Waals surface area contributed by atoms with E-state index in [1.54, 1.807) is 16.2 Å². The number of benzene rings is 1. The molecule has 292 valence electrons. The van der Waals surface area contributed by atoms with E-state index in [-0.39, 0.29) is 49.1 Å². The first-order chi connectivity index (χ1) is 24.8. The molecule has 0 aliphatic carbocycles. The molecular formula is C39H58N6O7S. The molecule has 2 aliphatic heterocycles. The molecule has 2 aromatic rings. The molecular weight excluding hydrogens is 697 g/mol. The van der Waals surface area contributed by atoms with Crippen molar-refractivity contribution < 1.29 is 33.8 Å². The number of aliphatic hydroxyl groups is 1. The van der Waals surface area contributed by atoms with E-state index in [4.69, 9.17) is 4.74 Å². The topological polar surface area (TPSA) is 170 Å². The number of hydrogen-bond acceptors (Lipinski definition) is 9. The van der Waals surface area contributed by atoms with Gasteiger partial charge in [0.25, 0.3) is 0 Å². The number of nitrogens with one attached hydrogen (secondary N) is 3. The lowest BCUT2D eigenvalue weighted by molar-refractivity contribution is -0.144. The summed E-state index contributed by atoms with van der Waals surface area (Å²) in [5.74, 6) is -1.40. The molecule has 0 radical (unpaired) electrons. The van der Waals surface area contributed by atoms with Crippen LogP contribution in [-0.2, 0) is 23.9 Å². The molecule has 2 fully saturated rings. The number of carbonyl (C=O) groups is 5. The third-order valence-corrected chi connectivity index (χ3v) is 10.6. The number of aliphatic hydroxyl groups excluding tert-OH is 1. The van der Waals surface area contributed by atoms with E-state index in [1.165, 1.54) is 4.90 Å². The summed E-state index contributed by atoms with van der Waals surface area (Å²) in [6.45, 7) is 16.1. The van der Waals surface area contributed by atoms with Gasteiger partial charge in [-0.1, -0.05) is 51.5 Å². The first kappa shape index (κ1) is 41.7. The minimum atomic E-state index is -0.901. The number of unbranched alkanes of at least 4 members (excludes halogenated alkanes) is 2. The van der Waals surface area contributed by atoms with Gasteiger partial charge in [0.2, 0.25) is 23.6 Å². The quantitative estimate of drug-likeness (QED) is 0.213. The lowest BCUT2D eigenvalue weighted by Gasteiger charge is -2.35. The summed E-state index contributed by atoms with van der Waals surface area (Å²) in [5.41, 5.74) is 3.49. The van der Waals surface area contributed by atoms with Crippen LogP contribution in [0.4, 0.5) is 4.79 Å². The molecule has 4 rings (SSSR count). The Morgan fingerprint density at radius 2 is 1.68 bits per heavy atom. The van der Waals surface area contributed by atoms with Gasteiger partial charge in [0.1, 0.15) is 17.7 Å². The Kier molecular flexibility index (Phi) is 14.1. The van der Waals surface area contributed by atoms with Crippen LogP contribution in [0.15, 0.2) is 29.8 Å². The van der Waals surface area contributed by atoms with Crippen LogP contribution in [0.3, 0.4) is 0 Å². The van der Waals surface area contributed by atoms with Crippen molar-refractivity contribution in [2.45, 2.75) is 124 Å². The monoisotopic (exact) mass is 754 g/mol. The molecule has 2 aliphatic rings. The number of amides is 5. The van der Waals surface area contributed by atoms with Crippen molar-refractivity contribution in [2.75, 3.05) is 26.2 Å². The van der Waals surface area contributed by atoms with Gasteiger partial charge >= 0.3 is 6.09 Å². The van der Waals surface area contributed by atoms with Gasteiger partial charge in [0, 0.05) is 39.0 Å². The smallest absolute Gasteiger partial charge is 0.410 e. The zero-order valence-corrected chi connectivity index (χ0v) is 33.3. The van der Waals surface area contributed by atoms with Gasteiger partial charge in [-0.2, -0.15) is 0 Å². The number of β-amino-alcohol motifs (C(OH)–C–C–N with tert-alkyl or cyclic N) is 1. The highest BCUT2D eigenvalue weighted by Crippen LogP contribution is 2.30. The number of hydrogen-bond donors (Lipinski definition) is 4. The van der Waals surface area contributed by atoms with E-state index >= 15 is 0 Å². The Morgan fingerprint density at radius 1 is 0.981 bits per heavy atom. The molecule has 1 aromatic carbocycles. The molecule has 2 saturated heterocycles. The van der Waals surface area contributed by atoms with Crippen molar-refractivity contribution in [3.05, 3.63) is 41.0 Å². The Bertz CT molecular complexity index is 1600. The minimum Gasteiger partial charge on any atom is -0.444 e. The molecule has 53 heavy (non-hydrogen) atoms. The third-order valence-electron chi connectivity index (χ3n) is 9.65. The first-order valence-electron chi connectivity index (χ1n) is 18.7. The fourth-order valence-corrected chi connectivity index (χ4v) is 7.47. The highest BCUT2D eigenvalue weighted by molar-refractivity contribution is 7.13. The van der Waals surface area contributed by atoms with Crippen LogP contribution in [-0.4, -0.2) is 99.6 Å². The third kappa shape index (κ3) is 11.7. The van der Waals surface area contributed by atoms with E-state index in [2.05, 4.69) is 20.9 Å². The number of thiazole rings is 1. The predicted molar refractivity (Wildman–Crippen MR) is 204 cm³/mol. The normalized spacial score (nSPS) is 20.1. The van der Waals surface area contributed by atoms with Crippen molar-refractivity contribution in [1.82, 2.24) is 30.7 Å². The SMILES string of the molecule is Cc1ncsc1-c1ccc([C@H](C)NC(=O)[C@@H]2C[C@@H](O)CN2C(=O)[C@@H](NC(=O)CCCCCNC(=O)[C@H]2CCN(C(=O)OC(C)(C)C)C2)C(C)(C)C)cc1. The minimum absolute atomic E-state index is 0.00224. The van der Waals surface area contributed by atoms with E-state index in [0.29, 0.717) is 45.3 Å². The Balaban J connectivity index is 1.22. The summed E-state index contributed by atoms with van der Waals surface area (Å²) in [5, 5.41) is 19.4. The van der Waals surface area contributed by atoms with E-state index in [0.717, 1.165) is 21.7 Å². The number of ether oxygens (including phenoxy) is 1. The number of likely N-dealkylation sites (tertiary alicyclic amines) is 2. The van der Waals surface area contributed by atoms with Gasteiger partial charge in [0.15, 0.2) is 0 Å². The molecule has 5 atom stereocenters. The van der Waals surface area contributed by atoms with Crippen molar-refractivity contribution in [3.63, 3.8) is 0 Å². The van der Waals surface area contributed by atoms with Crippen molar-refractivity contribution >= 4 is 41.1 Å². The zero-order chi connectivity index (χ0) is 39.1. The molecule has 0 unspecified atom stereocenters. The van der Waals surface area contributed by atoms with E-state index in [9.17, 15) is 29.1 Å². The van der Waals surface area contributed by atoms with Crippen LogP contribution in [0.1, 0.15) is 104 Å². The van der Waals surface area contributed by atoms with Crippen molar-refractivity contribution in [2.24, 2.45) is 11.3 Å². The largest absolute Gasteiger partial charge is 0.444 e. The molecule has 3 heterocycles. The van der Waals surface area contributed by atoms with Crippen molar-refractivity contribution in [1.29, 1.82) is 0 Å². The highest BCUT2D eigenvalue weighted by Gasteiger charge is 2.44. The lowest BCUT2D eigenvalue weighted by Crippen LogP contribution is -2.57. The number of aromatic nitrogens is 1. The van der Waals surface area contributed by atoms with Gasteiger partial charge in [0.05, 0.1) is 34.1 Å². The standard InChI is InChI=1S/C39H58N6O7S/c1-24(26-13-15-27(16-14-26)32-25(2)41-23-53-32)42-35(49)30-20-29(46)22-45(30)36(50)33(38(3,4)5)43-31(47)12-10-9-11-18-40-34(48)28-17-19-44(21-28)37(51)52-39(6,7)8/h13-16,23-24,28-30,33,46H,9-12,17-22H2,1-8H3,(H,40,48)(H,42,49)(H,43,47)/t24-,28-,29+,30-,33+/m0/s1. The summed E-state index contributed by atoms with van der Waals surface area (Å²) in [7, 11) is 0. The maximum absolute atomic E-state index is 14.0. The molecule has 13 nitrogen and oxygen atoms in total. The summed E-state index contributed by atoms with van der Waals surface area (Å²) >= 11 is 1.58. The molecule has 0 bridgehead atoms. The zero-order valence-electron chi connectivity index (χ0n) is 32.5. The first-order valence-corrected chi connectivity index (χ1v) is 19.6. The Morgan fingerprint density at radius 3 is 2.30 bits per heavy atom. The second-order valence-corrected chi connectivity index (χ2v) is 17.3. The maximum Gasteiger partial charge on any atom is 0.410 e. The number of aryl methyl sites for hydroxylation is 1. The van der Waals surface area contributed by atoms with Crippen LogP contribution in [0, 0.1) is 18.3 Å².